The summed E-state index contributed by atoms with van der Waals surface area (Å²) in [5.74, 6) is -0.401. The van der Waals surface area contributed by atoms with E-state index in [0.29, 0.717) is 11.3 Å². The molecule has 5 heteroatoms. The third-order valence-electron chi connectivity index (χ3n) is 3.51. The second-order valence-corrected chi connectivity index (χ2v) is 4.84. The zero-order valence-electron chi connectivity index (χ0n) is 11.8. The van der Waals surface area contributed by atoms with Gasteiger partial charge >= 0.3 is 5.97 Å². The second kappa shape index (κ2) is 4.94. The van der Waals surface area contributed by atoms with Crippen LogP contribution in [0, 0.1) is 0 Å². The lowest BCUT2D eigenvalue weighted by Gasteiger charge is -2.09. The number of nitrogens with two attached hydrogens (primary N) is 1. The van der Waals surface area contributed by atoms with E-state index in [-0.39, 0.29) is 0 Å². The van der Waals surface area contributed by atoms with E-state index in [1.54, 1.807) is 16.8 Å². The highest BCUT2D eigenvalue weighted by atomic mass is 16.5. The molecule has 0 aliphatic carbocycles. The van der Waals surface area contributed by atoms with Crippen LogP contribution in [0.25, 0.3) is 22.0 Å². The molecule has 1 heterocycles. The van der Waals surface area contributed by atoms with Gasteiger partial charge in [-0.1, -0.05) is 18.2 Å². The predicted molar refractivity (Wildman–Crippen MR) is 81.9 cm³/mol. The largest absolute Gasteiger partial charge is 0.465 e. The van der Waals surface area contributed by atoms with Crippen LogP contribution in [-0.4, -0.2) is 22.9 Å². The molecule has 0 unspecified atom stereocenters. The minimum atomic E-state index is -0.401. The highest BCUT2D eigenvalue weighted by molar-refractivity contribution is 5.99. The molecule has 0 aliphatic heterocycles. The Bertz CT molecular complexity index is 837. The number of anilines is 1. The SMILES string of the molecule is COC(=O)c1cc(N)ccc1-c1ccc2cnn(C)c2c1. The fourth-order valence-electron chi connectivity index (χ4n) is 2.40. The van der Waals surface area contributed by atoms with Crippen molar-refractivity contribution in [3.8, 4) is 11.1 Å². The molecule has 0 atom stereocenters. The normalized spacial score (nSPS) is 10.8. The maximum atomic E-state index is 11.9. The van der Waals surface area contributed by atoms with Crippen molar-refractivity contribution in [2.45, 2.75) is 0 Å². The Kier molecular flexibility index (Phi) is 3.10. The van der Waals surface area contributed by atoms with Crippen molar-refractivity contribution in [2.24, 2.45) is 7.05 Å². The van der Waals surface area contributed by atoms with E-state index < -0.39 is 5.97 Å². The summed E-state index contributed by atoms with van der Waals surface area (Å²) in [6.45, 7) is 0. The van der Waals surface area contributed by atoms with Gasteiger partial charge in [-0.25, -0.2) is 4.79 Å². The number of nitrogens with zero attached hydrogens (tertiary/aromatic N) is 2. The van der Waals surface area contributed by atoms with Crippen LogP contribution in [0.5, 0.6) is 0 Å². The Hall–Kier alpha value is -2.82. The maximum Gasteiger partial charge on any atom is 0.338 e. The minimum Gasteiger partial charge on any atom is -0.465 e. The van der Waals surface area contributed by atoms with E-state index in [1.165, 1.54) is 7.11 Å². The van der Waals surface area contributed by atoms with Gasteiger partial charge in [0.25, 0.3) is 0 Å². The number of aromatic nitrogens is 2. The number of hydrogen-bond acceptors (Lipinski definition) is 4. The summed E-state index contributed by atoms with van der Waals surface area (Å²) in [6.07, 6.45) is 1.81. The number of hydrogen-bond donors (Lipinski definition) is 1. The van der Waals surface area contributed by atoms with Crippen LogP contribution in [0.15, 0.2) is 42.6 Å². The van der Waals surface area contributed by atoms with E-state index >= 15 is 0 Å². The molecule has 2 aromatic carbocycles. The predicted octanol–water partition coefficient (Wildman–Crippen LogP) is 2.61. The number of carbonyl (C=O) groups excluding carboxylic acids is 1. The van der Waals surface area contributed by atoms with Crippen molar-refractivity contribution in [1.29, 1.82) is 0 Å². The second-order valence-electron chi connectivity index (χ2n) is 4.84. The molecule has 5 nitrogen and oxygen atoms in total. The summed E-state index contributed by atoms with van der Waals surface area (Å²) >= 11 is 0. The molecular weight excluding hydrogens is 266 g/mol. The van der Waals surface area contributed by atoms with Crippen LogP contribution in [0.2, 0.25) is 0 Å². The van der Waals surface area contributed by atoms with Gasteiger partial charge in [0.2, 0.25) is 0 Å². The number of aryl methyl sites for hydroxylation is 1. The van der Waals surface area contributed by atoms with Crippen molar-refractivity contribution in [1.82, 2.24) is 9.78 Å². The van der Waals surface area contributed by atoms with E-state index in [2.05, 4.69) is 5.10 Å². The van der Waals surface area contributed by atoms with Gasteiger partial charge in [-0.3, -0.25) is 4.68 Å². The third kappa shape index (κ3) is 2.23. The lowest BCUT2D eigenvalue weighted by Crippen LogP contribution is -2.04. The number of ether oxygens (including phenoxy) is 1. The highest BCUT2D eigenvalue weighted by Crippen LogP contribution is 2.29. The Labute approximate surface area is 121 Å². The van der Waals surface area contributed by atoms with E-state index in [4.69, 9.17) is 10.5 Å². The van der Waals surface area contributed by atoms with Crippen LogP contribution in [0.4, 0.5) is 5.69 Å². The molecule has 0 saturated heterocycles. The quantitative estimate of drug-likeness (QED) is 0.579. The Morgan fingerprint density at radius 3 is 2.81 bits per heavy atom. The fourth-order valence-corrected chi connectivity index (χ4v) is 2.40. The van der Waals surface area contributed by atoms with Gasteiger partial charge in [0.05, 0.1) is 24.4 Å². The average molecular weight is 281 g/mol. The lowest BCUT2D eigenvalue weighted by atomic mass is 9.98. The number of methoxy groups -OCH3 is 1. The molecule has 106 valence electrons. The minimum absolute atomic E-state index is 0.401. The summed E-state index contributed by atoms with van der Waals surface area (Å²) in [6, 6.07) is 11.2. The molecule has 0 saturated carbocycles. The molecular formula is C16H15N3O2. The fraction of sp³-hybridized carbons (Fsp3) is 0.125. The number of benzene rings is 2. The summed E-state index contributed by atoms with van der Waals surface area (Å²) in [5, 5.41) is 5.28. The molecule has 2 N–H and O–H groups in total. The van der Waals surface area contributed by atoms with Crippen molar-refractivity contribution in [2.75, 3.05) is 12.8 Å². The molecule has 0 spiro atoms. The third-order valence-corrected chi connectivity index (χ3v) is 3.51. The zero-order valence-corrected chi connectivity index (χ0v) is 11.8. The van der Waals surface area contributed by atoms with Crippen molar-refractivity contribution in [3.05, 3.63) is 48.2 Å². The van der Waals surface area contributed by atoms with Crippen molar-refractivity contribution >= 4 is 22.6 Å². The van der Waals surface area contributed by atoms with Crippen molar-refractivity contribution < 1.29 is 9.53 Å². The summed E-state index contributed by atoms with van der Waals surface area (Å²) in [7, 11) is 3.25. The van der Waals surface area contributed by atoms with Gasteiger partial charge in [-0.05, 0) is 29.3 Å². The van der Waals surface area contributed by atoms with E-state index in [9.17, 15) is 4.79 Å². The van der Waals surface area contributed by atoms with Crippen LogP contribution >= 0.6 is 0 Å². The Morgan fingerprint density at radius 2 is 2.05 bits per heavy atom. The molecule has 0 radical (unpaired) electrons. The first kappa shape index (κ1) is 13.2. The molecule has 0 bridgehead atoms. The number of carbonyl (C=O) groups is 1. The molecule has 0 fully saturated rings. The molecule has 21 heavy (non-hydrogen) atoms. The first-order chi connectivity index (χ1) is 10.1. The summed E-state index contributed by atoms with van der Waals surface area (Å²) < 4.78 is 6.64. The standard InChI is InChI=1S/C16H15N3O2/c1-19-15-7-10(3-4-11(15)9-18-19)13-6-5-12(17)8-14(13)16(20)21-2/h3-9H,17H2,1-2H3. The molecule has 3 rings (SSSR count). The van der Waals surface area contributed by atoms with Crippen molar-refractivity contribution in [3.63, 3.8) is 0 Å². The molecule has 1 aromatic heterocycles. The smallest absolute Gasteiger partial charge is 0.338 e. The van der Waals surface area contributed by atoms with E-state index in [1.807, 2.05) is 37.5 Å². The lowest BCUT2D eigenvalue weighted by molar-refractivity contribution is 0.0601. The number of fused-ring (bicyclic) bond motifs is 1. The van der Waals surface area contributed by atoms with Crippen LogP contribution < -0.4 is 5.73 Å². The van der Waals surface area contributed by atoms with Gasteiger partial charge in [-0.2, -0.15) is 5.10 Å². The monoisotopic (exact) mass is 281 g/mol. The number of nitrogen functional groups attached to an aromatic ring is 1. The van der Waals surface area contributed by atoms with Crippen LogP contribution in [0.3, 0.4) is 0 Å². The first-order valence-corrected chi connectivity index (χ1v) is 6.50. The van der Waals surface area contributed by atoms with E-state index in [0.717, 1.165) is 22.0 Å². The van der Waals surface area contributed by atoms with Gasteiger partial charge in [0, 0.05) is 18.1 Å². The molecule has 0 amide bonds. The van der Waals surface area contributed by atoms with Gasteiger partial charge in [0.15, 0.2) is 0 Å². The summed E-state index contributed by atoms with van der Waals surface area (Å²) in [5.41, 5.74) is 9.47. The zero-order chi connectivity index (χ0) is 15.0. The Morgan fingerprint density at radius 1 is 1.24 bits per heavy atom. The van der Waals surface area contributed by atoms with Gasteiger partial charge in [0.1, 0.15) is 0 Å². The topological polar surface area (TPSA) is 70.1 Å². The number of esters is 1. The highest BCUT2D eigenvalue weighted by Gasteiger charge is 2.14. The average Bonchev–Trinajstić information content (AvgIpc) is 2.87. The van der Waals surface area contributed by atoms with Gasteiger partial charge < -0.3 is 10.5 Å². The number of rotatable bonds is 2. The summed E-state index contributed by atoms with van der Waals surface area (Å²) in [4.78, 5) is 11.9. The first-order valence-electron chi connectivity index (χ1n) is 6.50. The molecule has 0 aliphatic rings. The Balaban J connectivity index is 2.22. The van der Waals surface area contributed by atoms with Gasteiger partial charge in [-0.15, -0.1) is 0 Å². The van der Waals surface area contributed by atoms with Crippen LogP contribution in [-0.2, 0) is 11.8 Å². The molecule has 3 aromatic rings. The van der Waals surface area contributed by atoms with Crippen LogP contribution in [0.1, 0.15) is 10.4 Å². The maximum absolute atomic E-state index is 11.9.